The van der Waals surface area contributed by atoms with E-state index in [9.17, 15) is 4.39 Å². The summed E-state index contributed by atoms with van der Waals surface area (Å²) in [6.07, 6.45) is 11.7. The van der Waals surface area contributed by atoms with Crippen molar-refractivity contribution in [1.29, 1.82) is 0 Å². The Morgan fingerprint density at radius 1 is 1.45 bits per heavy atom. The Morgan fingerprint density at radius 3 is 2.65 bits per heavy atom. The zero-order valence-electron chi connectivity index (χ0n) is 12.7. The maximum atomic E-state index is 12.4. The van der Waals surface area contributed by atoms with Gasteiger partial charge >= 0.3 is 0 Å². The normalized spacial score (nSPS) is 17.1. The molecular weight excluding hydrogens is 275 g/mol. The van der Waals surface area contributed by atoms with E-state index in [-0.39, 0.29) is 18.7 Å². The van der Waals surface area contributed by atoms with Crippen LogP contribution in [0.3, 0.4) is 0 Å². The zero-order chi connectivity index (χ0) is 15.4. The molecule has 0 aliphatic carbocycles. The summed E-state index contributed by atoms with van der Waals surface area (Å²) in [4.78, 5) is 4.06. The van der Waals surface area contributed by atoms with Gasteiger partial charge in [0.05, 0.1) is 12.8 Å². The fourth-order valence-electron chi connectivity index (χ4n) is 1.54. The molecule has 2 unspecified atom stereocenters. The number of rotatable bonds is 8. The van der Waals surface area contributed by atoms with Crippen molar-refractivity contribution in [3.8, 4) is 0 Å². The molecule has 0 bridgehead atoms. The lowest BCUT2D eigenvalue weighted by molar-refractivity contribution is 0.119. The standard InChI is InChI=1S/C15H25FN2OS/c1-5-13(14(19-3)8-10-16)7-6-12(2)9-11-18-15(17)20-4/h5-7,9,11-12,14H,8,10H2,1-4H3,(H2,17,18)/b7-6-,11-9+,13-5+. The number of hydrogen-bond donors (Lipinski definition) is 1. The summed E-state index contributed by atoms with van der Waals surface area (Å²) >= 11 is 1.41. The Labute approximate surface area is 125 Å². The smallest absolute Gasteiger partial charge is 0.158 e. The first-order valence-electron chi connectivity index (χ1n) is 6.56. The number of nitrogens with two attached hydrogens (primary N) is 1. The van der Waals surface area contributed by atoms with Gasteiger partial charge in [0.15, 0.2) is 5.17 Å². The Bertz CT molecular complexity index is 378. The van der Waals surface area contributed by atoms with Gasteiger partial charge in [0, 0.05) is 19.7 Å². The number of alkyl halides is 1. The van der Waals surface area contributed by atoms with Gasteiger partial charge in [0.1, 0.15) is 0 Å². The van der Waals surface area contributed by atoms with Crippen molar-refractivity contribution < 1.29 is 9.13 Å². The molecule has 0 saturated heterocycles. The number of hydrogen-bond acceptors (Lipinski definition) is 3. The van der Waals surface area contributed by atoms with Gasteiger partial charge in [-0.1, -0.05) is 43.0 Å². The average molecular weight is 300 g/mol. The second kappa shape index (κ2) is 11.7. The van der Waals surface area contributed by atoms with E-state index in [2.05, 4.69) is 4.99 Å². The number of allylic oxidation sites excluding steroid dienone is 3. The molecule has 0 radical (unpaired) electrons. The molecule has 0 fully saturated rings. The van der Waals surface area contributed by atoms with Crippen LogP contribution in [0.15, 0.2) is 41.1 Å². The van der Waals surface area contributed by atoms with Gasteiger partial charge in [0.25, 0.3) is 0 Å². The van der Waals surface area contributed by atoms with E-state index in [1.165, 1.54) is 11.8 Å². The van der Waals surface area contributed by atoms with E-state index in [0.29, 0.717) is 11.6 Å². The predicted octanol–water partition coefficient (Wildman–Crippen LogP) is 3.69. The van der Waals surface area contributed by atoms with E-state index in [1.54, 1.807) is 13.3 Å². The van der Waals surface area contributed by atoms with Crippen LogP contribution < -0.4 is 5.73 Å². The molecule has 0 aromatic heterocycles. The first-order valence-corrected chi connectivity index (χ1v) is 7.78. The molecule has 3 nitrogen and oxygen atoms in total. The second-order valence-corrected chi connectivity index (χ2v) is 5.05. The molecule has 0 heterocycles. The highest BCUT2D eigenvalue weighted by molar-refractivity contribution is 8.13. The van der Waals surface area contributed by atoms with Crippen LogP contribution in [-0.4, -0.2) is 31.3 Å². The number of nitrogens with zero attached hydrogens (tertiary/aromatic N) is 1. The number of halogens is 1. The molecule has 0 amide bonds. The first-order chi connectivity index (χ1) is 9.58. The molecular formula is C15H25FN2OS. The van der Waals surface area contributed by atoms with Crippen LogP contribution in [0, 0.1) is 5.92 Å². The van der Waals surface area contributed by atoms with Crippen molar-refractivity contribution in [2.75, 3.05) is 20.0 Å². The fraction of sp³-hybridized carbons (Fsp3) is 0.533. The number of amidine groups is 1. The van der Waals surface area contributed by atoms with Crippen LogP contribution in [0.2, 0.25) is 0 Å². The van der Waals surface area contributed by atoms with Gasteiger partial charge in [-0.25, -0.2) is 4.99 Å². The van der Waals surface area contributed by atoms with Gasteiger partial charge in [-0.15, -0.1) is 0 Å². The van der Waals surface area contributed by atoms with Crippen molar-refractivity contribution >= 4 is 16.9 Å². The van der Waals surface area contributed by atoms with Crippen LogP contribution in [0.25, 0.3) is 0 Å². The topological polar surface area (TPSA) is 47.6 Å². The Kier molecular flexibility index (Phi) is 11.1. The predicted molar refractivity (Wildman–Crippen MR) is 87.7 cm³/mol. The van der Waals surface area contributed by atoms with Crippen LogP contribution in [0.5, 0.6) is 0 Å². The Balaban J connectivity index is 4.58. The summed E-state index contributed by atoms with van der Waals surface area (Å²) in [6, 6.07) is 0. The highest BCUT2D eigenvalue weighted by atomic mass is 32.2. The molecule has 0 aromatic rings. The van der Waals surface area contributed by atoms with E-state index in [0.717, 1.165) is 5.57 Å². The minimum atomic E-state index is -0.387. The second-order valence-electron chi connectivity index (χ2n) is 4.22. The summed E-state index contributed by atoms with van der Waals surface area (Å²) < 4.78 is 17.7. The van der Waals surface area contributed by atoms with Crippen LogP contribution in [-0.2, 0) is 4.74 Å². The lowest BCUT2D eigenvalue weighted by Gasteiger charge is -2.15. The van der Waals surface area contributed by atoms with Gasteiger partial charge in [-0.3, -0.25) is 4.39 Å². The zero-order valence-corrected chi connectivity index (χ0v) is 13.5. The van der Waals surface area contributed by atoms with Crippen LogP contribution >= 0.6 is 11.8 Å². The molecule has 0 saturated carbocycles. The van der Waals surface area contributed by atoms with Crippen molar-refractivity contribution in [3.63, 3.8) is 0 Å². The van der Waals surface area contributed by atoms with Gasteiger partial charge in [-0.2, -0.15) is 0 Å². The van der Waals surface area contributed by atoms with Crippen molar-refractivity contribution in [2.24, 2.45) is 16.6 Å². The molecule has 20 heavy (non-hydrogen) atoms. The Morgan fingerprint density at radius 2 is 2.15 bits per heavy atom. The minimum absolute atomic E-state index is 0.192. The largest absolute Gasteiger partial charge is 0.378 e. The third kappa shape index (κ3) is 8.17. The summed E-state index contributed by atoms with van der Waals surface area (Å²) in [6.45, 7) is 3.58. The molecule has 5 heteroatoms. The Hall–Kier alpha value is -1.07. The first kappa shape index (κ1) is 18.9. The van der Waals surface area contributed by atoms with E-state index in [4.69, 9.17) is 10.5 Å². The third-order valence-corrected chi connectivity index (χ3v) is 3.28. The monoisotopic (exact) mass is 300 g/mol. The maximum absolute atomic E-state index is 12.4. The summed E-state index contributed by atoms with van der Waals surface area (Å²) in [5, 5.41) is 0.536. The molecule has 0 aliphatic rings. The summed E-state index contributed by atoms with van der Waals surface area (Å²) in [5.41, 5.74) is 6.56. The van der Waals surface area contributed by atoms with E-state index in [1.807, 2.05) is 44.4 Å². The lowest BCUT2D eigenvalue weighted by Crippen LogP contribution is -2.13. The molecule has 2 N–H and O–H groups in total. The van der Waals surface area contributed by atoms with Crippen molar-refractivity contribution in [2.45, 2.75) is 26.4 Å². The van der Waals surface area contributed by atoms with Crippen LogP contribution in [0.4, 0.5) is 4.39 Å². The summed E-state index contributed by atoms with van der Waals surface area (Å²) in [5.74, 6) is 0.214. The van der Waals surface area contributed by atoms with Gasteiger partial charge in [-0.05, 0) is 24.7 Å². The van der Waals surface area contributed by atoms with Gasteiger partial charge in [0.2, 0.25) is 0 Å². The number of ether oxygens (including phenoxy) is 1. The molecule has 114 valence electrons. The van der Waals surface area contributed by atoms with E-state index >= 15 is 0 Å². The molecule has 0 rings (SSSR count). The number of aliphatic imine (C=N–C) groups is 1. The molecule has 0 spiro atoms. The van der Waals surface area contributed by atoms with Crippen LogP contribution in [0.1, 0.15) is 20.3 Å². The highest BCUT2D eigenvalue weighted by Crippen LogP contribution is 2.14. The minimum Gasteiger partial charge on any atom is -0.378 e. The number of methoxy groups -OCH3 is 1. The van der Waals surface area contributed by atoms with Crippen molar-refractivity contribution in [3.05, 3.63) is 36.1 Å². The molecule has 0 aliphatic heterocycles. The average Bonchev–Trinajstić information content (AvgIpc) is 2.46. The fourth-order valence-corrected chi connectivity index (χ4v) is 1.71. The maximum Gasteiger partial charge on any atom is 0.158 e. The van der Waals surface area contributed by atoms with E-state index < -0.39 is 0 Å². The SMILES string of the molecule is C/C=C(\C=C/C(C)/C=C/N=C(/N)SC)C(CCF)OC. The van der Waals surface area contributed by atoms with Gasteiger partial charge < -0.3 is 10.5 Å². The lowest BCUT2D eigenvalue weighted by atomic mass is 10.0. The summed E-state index contributed by atoms with van der Waals surface area (Å²) in [7, 11) is 1.60. The third-order valence-electron chi connectivity index (χ3n) is 2.75. The molecule has 0 aromatic carbocycles. The highest BCUT2D eigenvalue weighted by Gasteiger charge is 2.09. The quantitative estimate of drug-likeness (QED) is 0.422. The van der Waals surface area contributed by atoms with Crippen molar-refractivity contribution in [1.82, 2.24) is 0 Å². The number of thioether (sulfide) groups is 1. The molecule has 2 atom stereocenters.